The number of ether oxygens (including phenoxy) is 3. The van der Waals surface area contributed by atoms with Crippen LogP contribution >= 0.6 is 0 Å². The lowest BCUT2D eigenvalue weighted by atomic mass is 10.0. The number of fused-ring (bicyclic) bond motifs is 1. The van der Waals surface area contributed by atoms with Crippen molar-refractivity contribution in [1.82, 2.24) is 14.1 Å². The lowest BCUT2D eigenvalue weighted by Crippen LogP contribution is -2.39. The molecule has 9 heteroatoms. The van der Waals surface area contributed by atoms with Crippen LogP contribution in [0.5, 0.6) is 11.5 Å². The van der Waals surface area contributed by atoms with E-state index in [1.807, 2.05) is 30.3 Å². The second-order valence-corrected chi connectivity index (χ2v) is 7.76. The maximum Gasteiger partial charge on any atom is 0.339 e. The van der Waals surface area contributed by atoms with Crippen molar-refractivity contribution in [3.05, 3.63) is 86.6 Å². The van der Waals surface area contributed by atoms with Gasteiger partial charge in [-0.05, 0) is 30.7 Å². The number of rotatable bonds is 7. The highest BCUT2D eigenvalue weighted by molar-refractivity contribution is 6.03. The number of benzene rings is 2. The normalized spacial score (nSPS) is 10.9. The van der Waals surface area contributed by atoms with E-state index in [-0.39, 0.29) is 29.7 Å². The van der Waals surface area contributed by atoms with Crippen molar-refractivity contribution in [3.63, 3.8) is 0 Å². The topological polar surface area (TPSA) is 102 Å². The van der Waals surface area contributed by atoms with E-state index in [2.05, 4.69) is 0 Å². The third-order valence-electron chi connectivity index (χ3n) is 5.66. The Morgan fingerprint density at radius 3 is 2.40 bits per heavy atom. The largest absolute Gasteiger partial charge is 0.497 e. The van der Waals surface area contributed by atoms with Crippen molar-refractivity contribution in [2.24, 2.45) is 7.05 Å². The zero-order chi connectivity index (χ0) is 25.1. The Kier molecular flexibility index (Phi) is 6.68. The minimum absolute atomic E-state index is 0.0118. The molecule has 0 unspecified atom stereocenters. The summed E-state index contributed by atoms with van der Waals surface area (Å²) in [4.78, 5) is 44.1. The number of methoxy groups -OCH3 is 2. The van der Waals surface area contributed by atoms with E-state index >= 15 is 0 Å². The molecule has 4 rings (SSSR count). The van der Waals surface area contributed by atoms with Crippen molar-refractivity contribution < 1.29 is 19.0 Å². The number of nitrogens with zero attached hydrogens (tertiary/aromatic N) is 3. The molecule has 0 amide bonds. The van der Waals surface area contributed by atoms with E-state index in [9.17, 15) is 14.4 Å². The molecule has 35 heavy (non-hydrogen) atoms. The summed E-state index contributed by atoms with van der Waals surface area (Å²) in [5, 5.41) is 0.0118. The average Bonchev–Trinajstić information content (AvgIpc) is 2.89. The molecule has 0 spiro atoms. The Hall–Kier alpha value is -4.40. The fraction of sp³-hybridized carbons (Fsp3) is 0.231. The van der Waals surface area contributed by atoms with Crippen LogP contribution in [0, 0.1) is 0 Å². The standard InChI is InChI=1S/C26H25N3O6/c1-5-35-25(31)19-14-20(18-12-11-17(33-3)13-21(18)34-4)27-23-22(19)24(30)28(2)26(32)29(23)15-16-9-7-6-8-10-16/h6-14H,5,15H2,1-4H3. The SMILES string of the molecule is CCOC(=O)c1cc(-c2ccc(OC)cc2OC)nc2c1c(=O)n(C)c(=O)n2Cc1ccccc1. The van der Waals surface area contributed by atoms with E-state index in [4.69, 9.17) is 19.2 Å². The summed E-state index contributed by atoms with van der Waals surface area (Å²) in [5.41, 5.74) is 0.661. The Bertz CT molecular complexity index is 1520. The van der Waals surface area contributed by atoms with Crippen molar-refractivity contribution in [2.45, 2.75) is 13.5 Å². The third kappa shape index (κ3) is 4.40. The molecule has 0 N–H and O–H groups in total. The van der Waals surface area contributed by atoms with Crippen molar-refractivity contribution in [1.29, 1.82) is 0 Å². The fourth-order valence-electron chi connectivity index (χ4n) is 3.89. The molecule has 0 aliphatic rings. The van der Waals surface area contributed by atoms with Gasteiger partial charge in [-0.15, -0.1) is 0 Å². The van der Waals surface area contributed by atoms with Crippen LogP contribution in [0.4, 0.5) is 0 Å². The first-order chi connectivity index (χ1) is 16.9. The van der Waals surface area contributed by atoms with Gasteiger partial charge in [0.15, 0.2) is 5.65 Å². The molecule has 0 bridgehead atoms. The molecular formula is C26H25N3O6. The number of carbonyl (C=O) groups is 1. The van der Waals surface area contributed by atoms with Gasteiger partial charge in [0.1, 0.15) is 11.5 Å². The van der Waals surface area contributed by atoms with E-state index in [0.717, 1.165) is 10.1 Å². The molecule has 2 heterocycles. The van der Waals surface area contributed by atoms with E-state index in [1.54, 1.807) is 32.2 Å². The first-order valence-corrected chi connectivity index (χ1v) is 11.0. The molecule has 4 aromatic rings. The number of hydrogen-bond donors (Lipinski definition) is 0. The van der Waals surface area contributed by atoms with E-state index < -0.39 is 17.2 Å². The van der Waals surface area contributed by atoms with Crippen LogP contribution in [0.2, 0.25) is 0 Å². The minimum atomic E-state index is -0.685. The van der Waals surface area contributed by atoms with Crippen molar-refractivity contribution in [3.8, 4) is 22.8 Å². The van der Waals surface area contributed by atoms with Crippen LogP contribution in [0.3, 0.4) is 0 Å². The summed E-state index contributed by atoms with van der Waals surface area (Å²) in [7, 11) is 4.42. The van der Waals surface area contributed by atoms with Gasteiger partial charge in [-0.1, -0.05) is 30.3 Å². The molecule has 0 fully saturated rings. The second-order valence-electron chi connectivity index (χ2n) is 7.76. The molecule has 2 aromatic heterocycles. The smallest absolute Gasteiger partial charge is 0.339 e. The Labute approximate surface area is 201 Å². The summed E-state index contributed by atoms with van der Waals surface area (Å²) >= 11 is 0. The average molecular weight is 476 g/mol. The van der Waals surface area contributed by atoms with Gasteiger partial charge in [0, 0.05) is 18.7 Å². The van der Waals surface area contributed by atoms with Crippen LogP contribution in [-0.2, 0) is 18.3 Å². The molecule has 0 radical (unpaired) electrons. The summed E-state index contributed by atoms with van der Waals surface area (Å²) < 4.78 is 18.4. The molecule has 2 aromatic carbocycles. The first-order valence-electron chi connectivity index (χ1n) is 11.0. The Balaban J connectivity index is 2.10. The van der Waals surface area contributed by atoms with Gasteiger partial charge < -0.3 is 14.2 Å². The number of hydrogen-bond acceptors (Lipinski definition) is 7. The molecule has 0 saturated carbocycles. The maximum atomic E-state index is 13.2. The zero-order valence-electron chi connectivity index (χ0n) is 19.9. The number of aromatic nitrogens is 3. The van der Waals surface area contributed by atoms with Crippen LogP contribution < -0.4 is 20.7 Å². The molecule has 0 aliphatic heterocycles. The highest BCUT2D eigenvalue weighted by atomic mass is 16.5. The second kappa shape index (κ2) is 9.84. The lowest BCUT2D eigenvalue weighted by Gasteiger charge is -2.16. The van der Waals surface area contributed by atoms with Gasteiger partial charge in [0.25, 0.3) is 5.56 Å². The highest BCUT2D eigenvalue weighted by Crippen LogP contribution is 2.34. The van der Waals surface area contributed by atoms with Crippen LogP contribution in [0.1, 0.15) is 22.8 Å². The van der Waals surface area contributed by atoms with E-state index in [1.165, 1.54) is 24.8 Å². The van der Waals surface area contributed by atoms with Gasteiger partial charge >= 0.3 is 11.7 Å². The minimum Gasteiger partial charge on any atom is -0.497 e. The van der Waals surface area contributed by atoms with Crippen molar-refractivity contribution >= 4 is 17.0 Å². The molecule has 0 aliphatic carbocycles. The first kappa shape index (κ1) is 23.7. The van der Waals surface area contributed by atoms with Gasteiger partial charge in [0.2, 0.25) is 0 Å². The predicted molar refractivity (Wildman–Crippen MR) is 131 cm³/mol. The zero-order valence-corrected chi connectivity index (χ0v) is 19.9. The lowest BCUT2D eigenvalue weighted by molar-refractivity contribution is 0.0528. The molecule has 180 valence electrons. The fourth-order valence-corrected chi connectivity index (χ4v) is 3.89. The summed E-state index contributed by atoms with van der Waals surface area (Å²) in [5.74, 6) is 0.342. The molecule has 0 atom stereocenters. The molecule has 9 nitrogen and oxygen atoms in total. The summed E-state index contributed by atoms with van der Waals surface area (Å²) in [6, 6.07) is 16.0. The van der Waals surface area contributed by atoms with Crippen LogP contribution in [0.25, 0.3) is 22.3 Å². The monoisotopic (exact) mass is 475 g/mol. The Morgan fingerprint density at radius 2 is 1.74 bits per heavy atom. The number of carbonyl (C=O) groups excluding carboxylic acids is 1. The van der Waals surface area contributed by atoms with Crippen LogP contribution in [0.15, 0.2) is 64.2 Å². The highest BCUT2D eigenvalue weighted by Gasteiger charge is 2.23. The summed E-state index contributed by atoms with van der Waals surface area (Å²) in [6.07, 6.45) is 0. The van der Waals surface area contributed by atoms with E-state index in [0.29, 0.717) is 22.8 Å². The van der Waals surface area contributed by atoms with Crippen molar-refractivity contribution in [2.75, 3.05) is 20.8 Å². The summed E-state index contributed by atoms with van der Waals surface area (Å²) in [6.45, 7) is 1.95. The van der Waals surface area contributed by atoms with Gasteiger partial charge in [-0.25, -0.2) is 14.6 Å². The molecule has 0 saturated heterocycles. The quantitative estimate of drug-likeness (QED) is 0.379. The number of esters is 1. The number of pyridine rings is 1. The third-order valence-corrected chi connectivity index (χ3v) is 5.66. The van der Waals surface area contributed by atoms with Gasteiger partial charge in [-0.2, -0.15) is 0 Å². The maximum absolute atomic E-state index is 13.2. The Morgan fingerprint density at radius 1 is 1.00 bits per heavy atom. The molecular weight excluding hydrogens is 450 g/mol. The van der Waals surface area contributed by atoms with Gasteiger partial charge in [-0.3, -0.25) is 13.9 Å². The van der Waals surface area contributed by atoms with Gasteiger partial charge in [0.05, 0.1) is 44.0 Å². The van der Waals surface area contributed by atoms with Crippen LogP contribution in [-0.4, -0.2) is 40.9 Å². The predicted octanol–water partition coefficient (Wildman–Crippen LogP) is 3.00.